The van der Waals surface area contributed by atoms with Crippen molar-refractivity contribution >= 4 is 12.9 Å². The van der Waals surface area contributed by atoms with E-state index in [-0.39, 0.29) is 17.7 Å². The molecule has 148 valence electrons. The summed E-state index contributed by atoms with van der Waals surface area (Å²) in [6.45, 7) is 6.83. The SMILES string of the molecule is CCCOc1cccc(-c2ccc(P(=O)(O)OCC)c(O)c2)c1OCCC. The number of hydrogen-bond acceptors (Lipinski definition) is 5. The minimum atomic E-state index is -4.05. The molecule has 0 aromatic heterocycles. The maximum atomic E-state index is 12.2. The number of rotatable bonds is 10. The van der Waals surface area contributed by atoms with E-state index >= 15 is 0 Å². The molecule has 0 bridgehead atoms. The Hall–Kier alpha value is -2.01. The molecular formula is C20H27O6P. The van der Waals surface area contributed by atoms with Gasteiger partial charge in [0, 0.05) is 5.56 Å². The van der Waals surface area contributed by atoms with E-state index in [0.29, 0.717) is 30.3 Å². The van der Waals surface area contributed by atoms with Gasteiger partial charge in [0.1, 0.15) is 11.1 Å². The molecule has 0 aliphatic rings. The fourth-order valence-corrected chi connectivity index (χ4v) is 3.70. The van der Waals surface area contributed by atoms with E-state index in [1.807, 2.05) is 32.0 Å². The summed E-state index contributed by atoms with van der Waals surface area (Å²) in [5, 5.41) is 10.2. The van der Waals surface area contributed by atoms with Gasteiger partial charge in [0.05, 0.1) is 19.8 Å². The highest BCUT2D eigenvalue weighted by molar-refractivity contribution is 7.61. The van der Waals surface area contributed by atoms with Crippen molar-refractivity contribution in [1.82, 2.24) is 0 Å². The molecule has 0 spiro atoms. The van der Waals surface area contributed by atoms with Crippen molar-refractivity contribution in [1.29, 1.82) is 0 Å². The molecule has 2 N–H and O–H groups in total. The zero-order valence-electron chi connectivity index (χ0n) is 16.0. The van der Waals surface area contributed by atoms with Crippen LogP contribution in [0.15, 0.2) is 36.4 Å². The monoisotopic (exact) mass is 394 g/mol. The van der Waals surface area contributed by atoms with Gasteiger partial charge in [0.25, 0.3) is 0 Å². The van der Waals surface area contributed by atoms with E-state index in [4.69, 9.17) is 14.0 Å². The molecule has 0 amide bonds. The Kier molecular flexibility index (Phi) is 7.72. The first kappa shape index (κ1) is 21.3. The number of benzene rings is 2. The number of hydrogen-bond donors (Lipinski definition) is 2. The van der Waals surface area contributed by atoms with Gasteiger partial charge >= 0.3 is 7.60 Å². The summed E-state index contributed by atoms with van der Waals surface area (Å²) in [5.74, 6) is 0.929. The van der Waals surface area contributed by atoms with Crippen molar-refractivity contribution in [3.05, 3.63) is 36.4 Å². The summed E-state index contributed by atoms with van der Waals surface area (Å²) in [4.78, 5) is 9.97. The molecule has 0 heterocycles. The van der Waals surface area contributed by atoms with E-state index in [1.165, 1.54) is 12.1 Å². The third kappa shape index (κ3) is 5.25. The minimum Gasteiger partial charge on any atom is -0.507 e. The molecule has 0 radical (unpaired) electrons. The Labute approximate surface area is 160 Å². The molecule has 7 heteroatoms. The first-order chi connectivity index (χ1) is 12.9. The first-order valence-electron chi connectivity index (χ1n) is 9.14. The molecule has 0 aliphatic carbocycles. The molecule has 1 unspecified atom stereocenters. The molecule has 2 aromatic carbocycles. The number of phenolic OH excluding ortho intramolecular Hbond substituents is 1. The van der Waals surface area contributed by atoms with Crippen molar-refractivity contribution in [2.24, 2.45) is 0 Å². The van der Waals surface area contributed by atoms with Crippen LogP contribution in [-0.4, -0.2) is 29.8 Å². The Morgan fingerprint density at radius 1 is 1.00 bits per heavy atom. The van der Waals surface area contributed by atoms with Gasteiger partial charge in [-0.05, 0) is 43.5 Å². The smallest absolute Gasteiger partial charge is 0.362 e. The summed E-state index contributed by atoms with van der Waals surface area (Å²) in [5.41, 5.74) is 1.39. The molecular weight excluding hydrogens is 367 g/mol. The van der Waals surface area contributed by atoms with Crippen LogP contribution >= 0.6 is 7.60 Å². The molecule has 0 saturated carbocycles. The van der Waals surface area contributed by atoms with E-state index in [2.05, 4.69) is 0 Å². The van der Waals surface area contributed by atoms with Crippen LogP contribution in [0.2, 0.25) is 0 Å². The molecule has 0 saturated heterocycles. The van der Waals surface area contributed by atoms with E-state index in [1.54, 1.807) is 13.0 Å². The van der Waals surface area contributed by atoms with E-state index in [0.717, 1.165) is 18.4 Å². The van der Waals surface area contributed by atoms with Gasteiger partial charge in [-0.25, -0.2) is 0 Å². The summed E-state index contributed by atoms with van der Waals surface area (Å²) in [6.07, 6.45) is 1.71. The van der Waals surface area contributed by atoms with Crippen LogP contribution in [0.3, 0.4) is 0 Å². The Morgan fingerprint density at radius 2 is 1.70 bits per heavy atom. The standard InChI is InChI=1S/C20H27O6P/c1-4-12-24-18-9-7-8-16(20(18)25-13-5-2)15-10-11-19(17(21)14-15)27(22,23)26-6-3/h7-11,14,21H,4-6,12-13H2,1-3H3,(H,22,23). The van der Waals surface area contributed by atoms with Gasteiger partial charge in [-0.3, -0.25) is 4.57 Å². The Morgan fingerprint density at radius 3 is 2.33 bits per heavy atom. The maximum Gasteiger partial charge on any atom is 0.362 e. The second-order valence-corrected chi connectivity index (χ2v) is 7.75. The van der Waals surface area contributed by atoms with Gasteiger partial charge in [0.2, 0.25) is 0 Å². The minimum absolute atomic E-state index is 0.0702. The normalized spacial score (nSPS) is 13.2. The van der Waals surface area contributed by atoms with Crippen molar-refractivity contribution in [2.45, 2.75) is 33.6 Å². The van der Waals surface area contributed by atoms with Crippen molar-refractivity contribution < 1.29 is 28.6 Å². The lowest BCUT2D eigenvalue weighted by Crippen LogP contribution is -2.08. The lowest BCUT2D eigenvalue weighted by molar-refractivity contribution is 0.269. The zero-order chi connectivity index (χ0) is 19.9. The lowest BCUT2D eigenvalue weighted by atomic mass is 10.0. The predicted octanol–water partition coefficient (Wildman–Crippen LogP) is 4.48. The number of aromatic hydroxyl groups is 1. The molecule has 2 rings (SSSR count). The number of phenols is 1. The summed E-state index contributed by atoms with van der Waals surface area (Å²) >= 11 is 0. The third-order valence-electron chi connectivity index (χ3n) is 3.79. The summed E-state index contributed by atoms with van der Waals surface area (Å²) in [7, 11) is -4.05. The van der Waals surface area contributed by atoms with Gasteiger partial charge in [-0.2, -0.15) is 0 Å². The van der Waals surface area contributed by atoms with Gasteiger partial charge in [-0.15, -0.1) is 0 Å². The highest BCUT2D eigenvalue weighted by Crippen LogP contribution is 2.45. The van der Waals surface area contributed by atoms with Crippen molar-refractivity contribution in [2.75, 3.05) is 19.8 Å². The highest BCUT2D eigenvalue weighted by atomic mass is 31.2. The summed E-state index contributed by atoms with van der Waals surface area (Å²) in [6, 6.07) is 10.1. The van der Waals surface area contributed by atoms with Crippen LogP contribution < -0.4 is 14.8 Å². The fraction of sp³-hybridized carbons (Fsp3) is 0.400. The van der Waals surface area contributed by atoms with Crippen LogP contribution in [0.1, 0.15) is 33.6 Å². The topological polar surface area (TPSA) is 85.2 Å². The molecule has 0 fully saturated rings. The molecule has 0 aliphatic heterocycles. The van der Waals surface area contributed by atoms with Crippen LogP contribution in [0.5, 0.6) is 17.2 Å². The average molecular weight is 394 g/mol. The van der Waals surface area contributed by atoms with Crippen LogP contribution in [0.4, 0.5) is 0 Å². The number of para-hydroxylation sites is 1. The third-order valence-corrected chi connectivity index (χ3v) is 5.38. The molecule has 6 nitrogen and oxygen atoms in total. The second-order valence-electron chi connectivity index (χ2n) is 5.97. The first-order valence-corrected chi connectivity index (χ1v) is 10.7. The van der Waals surface area contributed by atoms with Crippen molar-refractivity contribution in [3.63, 3.8) is 0 Å². The van der Waals surface area contributed by atoms with Gasteiger partial charge < -0.3 is 24.0 Å². The second kappa shape index (κ2) is 9.79. The number of ether oxygens (including phenoxy) is 2. The van der Waals surface area contributed by atoms with Crippen molar-refractivity contribution in [3.8, 4) is 28.4 Å². The molecule has 1 atom stereocenters. The Bertz CT molecular complexity index is 805. The maximum absolute atomic E-state index is 12.2. The van der Waals surface area contributed by atoms with Crippen LogP contribution in [0.25, 0.3) is 11.1 Å². The average Bonchev–Trinajstić information content (AvgIpc) is 2.64. The zero-order valence-corrected chi connectivity index (χ0v) is 16.9. The highest BCUT2D eigenvalue weighted by Gasteiger charge is 2.26. The van der Waals surface area contributed by atoms with Gasteiger partial charge in [-0.1, -0.05) is 32.0 Å². The summed E-state index contributed by atoms with van der Waals surface area (Å²) < 4.78 is 28.8. The predicted molar refractivity (Wildman–Crippen MR) is 106 cm³/mol. The molecule has 27 heavy (non-hydrogen) atoms. The van der Waals surface area contributed by atoms with E-state index < -0.39 is 7.60 Å². The lowest BCUT2D eigenvalue weighted by Gasteiger charge is -2.17. The largest absolute Gasteiger partial charge is 0.507 e. The molecule has 2 aromatic rings. The van der Waals surface area contributed by atoms with Gasteiger partial charge in [0.15, 0.2) is 11.5 Å². The fourth-order valence-electron chi connectivity index (χ4n) is 2.60. The quantitative estimate of drug-likeness (QED) is 0.578. The van der Waals surface area contributed by atoms with Crippen LogP contribution in [-0.2, 0) is 9.09 Å². The van der Waals surface area contributed by atoms with Crippen LogP contribution in [0, 0.1) is 0 Å². The Balaban J connectivity index is 2.47. The van der Waals surface area contributed by atoms with E-state index in [9.17, 15) is 14.6 Å².